The first kappa shape index (κ1) is 25.0. The third-order valence-corrected chi connectivity index (χ3v) is 6.44. The minimum Gasteiger partial charge on any atom is -0.490 e. The van der Waals surface area contributed by atoms with Crippen LogP contribution in [0.1, 0.15) is 44.0 Å². The zero-order chi connectivity index (χ0) is 24.9. The van der Waals surface area contributed by atoms with Gasteiger partial charge >= 0.3 is 0 Å². The Morgan fingerprint density at radius 3 is 2.23 bits per heavy atom. The highest BCUT2D eigenvalue weighted by atomic mass is 32.1. The Kier molecular flexibility index (Phi) is 7.90. The minimum atomic E-state index is -0.709. The fourth-order valence-electron chi connectivity index (χ4n) is 4.00. The van der Waals surface area contributed by atoms with Crippen LogP contribution in [0.3, 0.4) is 0 Å². The van der Waals surface area contributed by atoms with Crippen LogP contribution in [0.15, 0.2) is 24.3 Å². The highest BCUT2D eigenvalue weighted by molar-refractivity contribution is 7.20. The van der Waals surface area contributed by atoms with Crippen molar-refractivity contribution in [2.75, 3.05) is 32.9 Å². The van der Waals surface area contributed by atoms with Crippen LogP contribution in [0.4, 0.5) is 8.78 Å². The van der Waals surface area contributed by atoms with Crippen LogP contribution in [0.25, 0.3) is 10.2 Å². The Hall–Kier alpha value is -3.14. The topological polar surface area (TPSA) is 70.1 Å². The van der Waals surface area contributed by atoms with Gasteiger partial charge in [-0.1, -0.05) is 11.3 Å². The highest BCUT2D eigenvalue weighted by Gasteiger charge is 2.27. The van der Waals surface area contributed by atoms with Gasteiger partial charge in [-0.25, -0.2) is 8.78 Å². The van der Waals surface area contributed by atoms with Gasteiger partial charge in [0.2, 0.25) is 5.75 Å². The third kappa shape index (κ3) is 5.58. The van der Waals surface area contributed by atoms with Crippen molar-refractivity contribution in [1.29, 1.82) is 0 Å². The molecule has 2 aromatic carbocycles. The maximum Gasteiger partial charge on any atom is 0.274 e. The molecule has 0 spiro atoms. The molecule has 35 heavy (non-hydrogen) atoms. The van der Waals surface area contributed by atoms with Crippen molar-refractivity contribution in [1.82, 2.24) is 9.88 Å². The maximum atomic E-state index is 13.9. The second-order valence-electron chi connectivity index (χ2n) is 7.92. The Bertz CT molecular complexity index is 1170. The predicted molar refractivity (Wildman–Crippen MR) is 129 cm³/mol. The monoisotopic (exact) mass is 506 g/mol. The van der Waals surface area contributed by atoms with E-state index in [1.807, 2.05) is 20.8 Å². The standard InChI is InChI=1S/C25H28F2N2O5S/c1-4-31-19-11-15(12-20(32-5-2)23(19)33-6-3)24(30)29-9-7-17(8-10-29)34-25-28-22-18(27)13-16(26)14-21(22)35-25/h11-14,17H,4-10H2,1-3H3. The molecule has 1 aliphatic rings. The van der Waals surface area contributed by atoms with Gasteiger partial charge in [0, 0.05) is 37.6 Å². The molecule has 0 saturated carbocycles. The lowest BCUT2D eigenvalue weighted by molar-refractivity contribution is 0.0594. The second-order valence-corrected chi connectivity index (χ2v) is 8.92. The van der Waals surface area contributed by atoms with Crippen molar-refractivity contribution < 1.29 is 32.5 Å². The van der Waals surface area contributed by atoms with Gasteiger partial charge < -0.3 is 23.8 Å². The van der Waals surface area contributed by atoms with Crippen LogP contribution >= 0.6 is 11.3 Å². The molecule has 2 heterocycles. The van der Waals surface area contributed by atoms with E-state index in [4.69, 9.17) is 18.9 Å². The van der Waals surface area contributed by atoms with E-state index < -0.39 is 11.6 Å². The highest BCUT2D eigenvalue weighted by Crippen LogP contribution is 2.40. The minimum absolute atomic E-state index is 0.102. The molecule has 0 aliphatic carbocycles. The number of ether oxygens (including phenoxy) is 4. The van der Waals surface area contributed by atoms with E-state index in [-0.39, 0.29) is 17.5 Å². The van der Waals surface area contributed by atoms with Gasteiger partial charge in [-0.3, -0.25) is 4.79 Å². The molecule has 1 aromatic heterocycles. The van der Waals surface area contributed by atoms with Gasteiger partial charge in [-0.15, -0.1) is 0 Å². The van der Waals surface area contributed by atoms with Gasteiger partial charge in [0.15, 0.2) is 17.3 Å². The Morgan fingerprint density at radius 1 is 1.00 bits per heavy atom. The number of hydrogen-bond acceptors (Lipinski definition) is 7. The molecule has 3 aromatic rings. The van der Waals surface area contributed by atoms with Crippen molar-refractivity contribution >= 4 is 27.5 Å². The number of aromatic nitrogens is 1. The summed E-state index contributed by atoms with van der Waals surface area (Å²) in [6.07, 6.45) is 1.00. The Balaban J connectivity index is 1.44. The quantitative estimate of drug-likeness (QED) is 0.384. The van der Waals surface area contributed by atoms with Crippen molar-refractivity contribution in [3.63, 3.8) is 0 Å². The number of likely N-dealkylation sites (tertiary alicyclic amines) is 1. The van der Waals surface area contributed by atoms with Crippen molar-refractivity contribution in [3.05, 3.63) is 41.5 Å². The SMILES string of the molecule is CCOc1cc(C(=O)N2CCC(Oc3nc4c(F)cc(F)cc4s3)CC2)cc(OCC)c1OCC. The Labute approximate surface area is 206 Å². The summed E-state index contributed by atoms with van der Waals surface area (Å²) >= 11 is 1.11. The van der Waals surface area contributed by atoms with E-state index in [0.29, 0.717) is 78.5 Å². The molecule has 0 N–H and O–H groups in total. The van der Waals surface area contributed by atoms with Crippen LogP contribution in [0, 0.1) is 11.6 Å². The molecule has 1 fully saturated rings. The van der Waals surface area contributed by atoms with Crippen LogP contribution < -0.4 is 18.9 Å². The summed E-state index contributed by atoms with van der Waals surface area (Å²) in [7, 11) is 0. The van der Waals surface area contributed by atoms with E-state index in [1.165, 1.54) is 6.07 Å². The number of fused-ring (bicyclic) bond motifs is 1. The first-order chi connectivity index (χ1) is 16.9. The molecule has 1 saturated heterocycles. The fourth-order valence-corrected chi connectivity index (χ4v) is 4.92. The van der Waals surface area contributed by atoms with Gasteiger partial charge in [0.05, 0.1) is 24.5 Å². The summed E-state index contributed by atoms with van der Waals surface area (Å²) in [4.78, 5) is 19.2. The van der Waals surface area contributed by atoms with E-state index in [0.717, 1.165) is 17.4 Å². The largest absolute Gasteiger partial charge is 0.490 e. The zero-order valence-electron chi connectivity index (χ0n) is 19.9. The number of piperidine rings is 1. The maximum absolute atomic E-state index is 13.9. The molecule has 0 unspecified atom stereocenters. The van der Waals surface area contributed by atoms with E-state index >= 15 is 0 Å². The summed E-state index contributed by atoms with van der Waals surface area (Å²) in [6, 6.07) is 5.44. The molecule has 0 radical (unpaired) electrons. The molecular weight excluding hydrogens is 478 g/mol. The lowest BCUT2D eigenvalue weighted by Crippen LogP contribution is -2.41. The molecule has 0 bridgehead atoms. The summed E-state index contributed by atoms with van der Waals surface area (Å²) in [5.41, 5.74) is 0.563. The number of carbonyl (C=O) groups excluding carboxylic acids is 1. The molecular formula is C25H28F2N2O5S. The van der Waals surface area contributed by atoms with Crippen LogP contribution in [0.5, 0.6) is 22.4 Å². The number of thiazole rings is 1. The number of carbonyl (C=O) groups is 1. The number of amides is 1. The summed E-state index contributed by atoms with van der Waals surface area (Å²) in [5, 5.41) is 0.295. The number of benzene rings is 2. The van der Waals surface area contributed by atoms with E-state index in [1.54, 1.807) is 17.0 Å². The predicted octanol–water partition coefficient (Wildman–Crippen LogP) is 5.45. The number of nitrogens with zero attached hydrogens (tertiary/aromatic N) is 2. The van der Waals surface area contributed by atoms with Crippen LogP contribution in [0.2, 0.25) is 0 Å². The van der Waals surface area contributed by atoms with Crippen molar-refractivity contribution in [3.8, 4) is 22.4 Å². The average Bonchev–Trinajstić information content (AvgIpc) is 3.24. The van der Waals surface area contributed by atoms with Gasteiger partial charge in [-0.05, 0) is 39.0 Å². The summed E-state index contributed by atoms with van der Waals surface area (Å²) in [5.74, 6) is -0.0493. The lowest BCUT2D eigenvalue weighted by Gasteiger charge is -2.32. The van der Waals surface area contributed by atoms with Gasteiger partial charge in [0.25, 0.3) is 11.1 Å². The first-order valence-corrected chi connectivity index (χ1v) is 12.5. The molecule has 1 aliphatic heterocycles. The summed E-state index contributed by atoms with van der Waals surface area (Å²) in [6.45, 7) is 7.87. The van der Waals surface area contributed by atoms with Gasteiger partial charge in [0.1, 0.15) is 17.4 Å². The van der Waals surface area contributed by atoms with Crippen LogP contribution in [-0.2, 0) is 0 Å². The molecule has 0 atom stereocenters. The third-order valence-electron chi connectivity index (χ3n) is 5.55. The molecule has 188 valence electrons. The number of halogens is 2. The molecule has 10 heteroatoms. The number of rotatable bonds is 9. The van der Waals surface area contributed by atoms with Gasteiger partial charge in [-0.2, -0.15) is 4.98 Å². The average molecular weight is 507 g/mol. The molecule has 4 rings (SSSR count). The Morgan fingerprint density at radius 2 is 1.63 bits per heavy atom. The van der Waals surface area contributed by atoms with E-state index in [2.05, 4.69) is 4.98 Å². The first-order valence-electron chi connectivity index (χ1n) is 11.7. The van der Waals surface area contributed by atoms with Crippen molar-refractivity contribution in [2.24, 2.45) is 0 Å². The smallest absolute Gasteiger partial charge is 0.274 e. The normalized spacial score (nSPS) is 14.3. The van der Waals surface area contributed by atoms with Crippen molar-refractivity contribution in [2.45, 2.75) is 39.7 Å². The molecule has 1 amide bonds. The lowest BCUT2D eigenvalue weighted by atomic mass is 10.1. The fraction of sp³-hybridized carbons (Fsp3) is 0.440. The van der Waals surface area contributed by atoms with E-state index in [9.17, 15) is 13.6 Å². The summed E-state index contributed by atoms with van der Waals surface area (Å²) < 4.78 is 50.9. The molecule has 7 nitrogen and oxygen atoms in total. The zero-order valence-corrected chi connectivity index (χ0v) is 20.8. The number of hydrogen-bond donors (Lipinski definition) is 0. The van der Waals surface area contributed by atoms with Crippen LogP contribution in [-0.4, -0.2) is 54.8 Å². The second kappa shape index (κ2) is 11.1.